The summed E-state index contributed by atoms with van der Waals surface area (Å²) in [7, 11) is 0. The van der Waals surface area contributed by atoms with Crippen LogP contribution in [0, 0.1) is 13.8 Å². The Labute approximate surface area is 170 Å². The van der Waals surface area contributed by atoms with Gasteiger partial charge in [0.25, 0.3) is 5.89 Å². The fraction of sp³-hybridized carbons (Fsp3) is 0.474. The molecular weight excluding hydrogens is 400 g/mol. The Morgan fingerprint density at radius 3 is 2.66 bits per heavy atom. The third-order valence-electron chi connectivity index (χ3n) is 4.64. The highest BCUT2D eigenvalue weighted by Crippen LogP contribution is 2.35. The van der Waals surface area contributed by atoms with Crippen LogP contribution in [0.15, 0.2) is 21.9 Å². The molecule has 1 N–H and O–H groups in total. The maximum absolute atomic E-state index is 13.4. The predicted octanol–water partition coefficient (Wildman–Crippen LogP) is 4.77. The van der Waals surface area contributed by atoms with E-state index in [9.17, 15) is 8.78 Å². The number of rotatable bonds is 6. The Hall–Kier alpha value is -2.62. The van der Waals surface area contributed by atoms with Gasteiger partial charge in [0.2, 0.25) is 11.8 Å². The van der Waals surface area contributed by atoms with Gasteiger partial charge in [-0.25, -0.2) is 18.7 Å². The summed E-state index contributed by atoms with van der Waals surface area (Å²) in [5.41, 5.74) is 1.56. The molecule has 1 aliphatic carbocycles. The summed E-state index contributed by atoms with van der Waals surface area (Å²) in [5.74, 6) is -0.601. The molecular formula is C19H21F2N5O2S. The topological polar surface area (TPSA) is 86.0 Å². The van der Waals surface area contributed by atoms with Crippen LogP contribution in [0.25, 0.3) is 10.7 Å². The molecule has 4 rings (SSSR count). The van der Waals surface area contributed by atoms with Crippen LogP contribution in [-0.2, 0) is 6.61 Å². The van der Waals surface area contributed by atoms with Crippen molar-refractivity contribution >= 4 is 17.2 Å². The lowest BCUT2D eigenvalue weighted by Gasteiger charge is -2.29. The summed E-state index contributed by atoms with van der Waals surface area (Å²) >= 11 is 1.49. The summed E-state index contributed by atoms with van der Waals surface area (Å²) < 4.78 is 38.0. The number of halogens is 2. The second-order valence-corrected chi connectivity index (χ2v) is 8.00. The zero-order chi connectivity index (χ0) is 20.4. The Balaban J connectivity index is 1.54. The molecule has 0 aliphatic heterocycles. The van der Waals surface area contributed by atoms with Crippen LogP contribution < -0.4 is 10.1 Å². The number of ether oxygens (including phenoxy) is 1. The van der Waals surface area contributed by atoms with Crippen molar-refractivity contribution in [3.8, 4) is 16.5 Å². The summed E-state index contributed by atoms with van der Waals surface area (Å²) in [6.45, 7) is 3.75. The summed E-state index contributed by atoms with van der Waals surface area (Å²) in [6.07, 6.45) is 0.561. The molecule has 3 heterocycles. The third-order valence-corrected chi connectivity index (χ3v) is 5.62. The largest absolute Gasteiger partial charge is 0.484 e. The molecule has 0 radical (unpaired) electrons. The van der Waals surface area contributed by atoms with Gasteiger partial charge in [-0.2, -0.15) is 0 Å². The van der Waals surface area contributed by atoms with Crippen molar-refractivity contribution in [1.82, 2.24) is 20.2 Å². The first-order valence-corrected chi connectivity index (χ1v) is 10.2. The van der Waals surface area contributed by atoms with Gasteiger partial charge in [-0.15, -0.1) is 21.5 Å². The minimum absolute atomic E-state index is 0.0538. The van der Waals surface area contributed by atoms with Crippen LogP contribution in [0.3, 0.4) is 0 Å². The molecule has 0 amide bonds. The molecule has 7 nitrogen and oxygen atoms in total. The molecule has 0 saturated heterocycles. The molecule has 0 spiro atoms. The first kappa shape index (κ1) is 19.7. The highest BCUT2D eigenvalue weighted by Gasteiger charge is 2.35. The maximum Gasteiger partial charge on any atom is 0.253 e. The van der Waals surface area contributed by atoms with Crippen molar-refractivity contribution in [1.29, 1.82) is 0 Å². The van der Waals surface area contributed by atoms with E-state index in [-0.39, 0.29) is 25.5 Å². The first-order chi connectivity index (χ1) is 13.9. The van der Waals surface area contributed by atoms with Crippen LogP contribution in [0.2, 0.25) is 0 Å². The third kappa shape index (κ3) is 5.06. The van der Waals surface area contributed by atoms with Crippen molar-refractivity contribution in [3.63, 3.8) is 0 Å². The van der Waals surface area contributed by atoms with Crippen molar-refractivity contribution in [2.45, 2.75) is 58.1 Å². The number of thiazole rings is 1. The van der Waals surface area contributed by atoms with Crippen LogP contribution in [-0.4, -0.2) is 32.1 Å². The Bertz CT molecular complexity index is 981. The van der Waals surface area contributed by atoms with Crippen molar-refractivity contribution in [3.05, 3.63) is 35.0 Å². The average Bonchev–Trinajstić information content (AvgIpc) is 3.30. The van der Waals surface area contributed by atoms with E-state index in [1.807, 2.05) is 12.3 Å². The van der Waals surface area contributed by atoms with Crippen LogP contribution in [0.1, 0.15) is 43.2 Å². The standard InChI is InChI=1S/C19H21F2N5O2S/c1-11-10-29-18(22-11)15-7-14(27-9-17-26-25-12(2)28-17)8-16(24-15)23-13-3-5-19(20,21)6-4-13/h7-8,10,13H,3-6,9H2,1-2H3,(H,23,24). The van der Waals surface area contributed by atoms with E-state index in [0.29, 0.717) is 41.9 Å². The van der Waals surface area contributed by atoms with Gasteiger partial charge < -0.3 is 14.5 Å². The van der Waals surface area contributed by atoms with E-state index in [1.54, 1.807) is 19.1 Å². The van der Waals surface area contributed by atoms with E-state index in [4.69, 9.17) is 9.15 Å². The second kappa shape index (κ2) is 8.02. The monoisotopic (exact) mass is 421 g/mol. The SMILES string of the molecule is Cc1csc(-c2cc(OCc3nnc(C)o3)cc(NC3CCC(F)(F)CC3)n2)n1. The average molecular weight is 421 g/mol. The number of aromatic nitrogens is 4. The van der Waals surface area contributed by atoms with Crippen LogP contribution in [0.5, 0.6) is 5.75 Å². The molecule has 0 unspecified atom stereocenters. The lowest BCUT2D eigenvalue weighted by molar-refractivity contribution is -0.0361. The van der Waals surface area contributed by atoms with Gasteiger partial charge in [0.05, 0.1) is 0 Å². The van der Waals surface area contributed by atoms with E-state index < -0.39 is 5.92 Å². The highest BCUT2D eigenvalue weighted by molar-refractivity contribution is 7.13. The fourth-order valence-electron chi connectivity index (χ4n) is 3.18. The van der Waals surface area contributed by atoms with Gasteiger partial charge in [0.15, 0.2) is 6.61 Å². The smallest absolute Gasteiger partial charge is 0.253 e. The zero-order valence-electron chi connectivity index (χ0n) is 16.1. The molecule has 29 heavy (non-hydrogen) atoms. The Morgan fingerprint density at radius 1 is 1.21 bits per heavy atom. The van der Waals surface area contributed by atoms with Gasteiger partial charge >= 0.3 is 0 Å². The Kier molecular flexibility index (Phi) is 5.44. The van der Waals surface area contributed by atoms with E-state index in [0.717, 1.165) is 10.7 Å². The molecule has 0 atom stereocenters. The van der Waals surface area contributed by atoms with Gasteiger partial charge in [-0.05, 0) is 19.8 Å². The fourth-order valence-corrected chi connectivity index (χ4v) is 3.94. The molecule has 10 heteroatoms. The minimum Gasteiger partial charge on any atom is -0.484 e. The first-order valence-electron chi connectivity index (χ1n) is 9.37. The van der Waals surface area contributed by atoms with E-state index in [1.165, 1.54) is 11.3 Å². The van der Waals surface area contributed by atoms with Gasteiger partial charge in [0, 0.05) is 49.0 Å². The predicted molar refractivity (Wildman–Crippen MR) is 104 cm³/mol. The maximum atomic E-state index is 13.4. The van der Waals surface area contributed by atoms with Crippen LogP contribution in [0.4, 0.5) is 14.6 Å². The molecule has 1 aliphatic rings. The normalized spacial score (nSPS) is 16.7. The molecule has 0 aromatic carbocycles. The molecule has 3 aromatic heterocycles. The lowest BCUT2D eigenvalue weighted by atomic mass is 9.92. The zero-order valence-corrected chi connectivity index (χ0v) is 16.9. The lowest BCUT2D eigenvalue weighted by Crippen LogP contribution is -2.32. The van der Waals surface area contributed by atoms with E-state index in [2.05, 4.69) is 25.5 Å². The van der Waals surface area contributed by atoms with E-state index >= 15 is 0 Å². The van der Waals surface area contributed by atoms with Crippen molar-refractivity contribution in [2.75, 3.05) is 5.32 Å². The molecule has 1 fully saturated rings. The van der Waals surface area contributed by atoms with Crippen molar-refractivity contribution in [2.24, 2.45) is 0 Å². The molecule has 0 bridgehead atoms. The van der Waals surface area contributed by atoms with Gasteiger partial charge in [0.1, 0.15) is 22.3 Å². The highest BCUT2D eigenvalue weighted by atomic mass is 32.1. The number of anilines is 1. The number of aryl methyl sites for hydroxylation is 2. The second-order valence-electron chi connectivity index (χ2n) is 7.15. The molecule has 3 aromatic rings. The summed E-state index contributed by atoms with van der Waals surface area (Å²) in [4.78, 5) is 9.11. The van der Waals surface area contributed by atoms with Gasteiger partial charge in [-0.1, -0.05) is 0 Å². The summed E-state index contributed by atoms with van der Waals surface area (Å²) in [5, 5.41) is 13.7. The summed E-state index contributed by atoms with van der Waals surface area (Å²) in [6, 6.07) is 3.49. The van der Waals surface area contributed by atoms with Crippen molar-refractivity contribution < 1.29 is 17.9 Å². The Morgan fingerprint density at radius 2 is 2.00 bits per heavy atom. The molecule has 1 saturated carbocycles. The number of nitrogens with zero attached hydrogens (tertiary/aromatic N) is 4. The molecule has 154 valence electrons. The number of hydrogen-bond donors (Lipinski definition) is 1. The van der Waals surface area contributed by atoms with Crippen LogP contribution >= 0.6 is 11.3 Å². The quantitative estimate of drug-likeness (QED) is 0.613. The van der Waals surface area contributed by atoms with Gasteiger partial charge in [-0.3, -0.25) is 0 Å². The number of alkyl halides is 2. The number of nitrogens with one attached hydrogen (secondary N) is 1. The number of pyridine rings is 1. The minimum atomic E-state index is -2.57. The number of hydrogen-bond acceptors (Lipinski definition) is 8.